The van der Waals surface area contributed by atoms with Crippen molar-refractivity contribution >= 4 is 46.8 Å². The van der Waals surface area contributed by atoms with Crippen molar-refractivity contribution in [3.05, 3.63) is 82.9 Å². The molecule has 0 bridgehead atoms. The van der Waals surface area contributed by atoms with Gasteiger partial charge in [-0.1, -0.05) is 0 Å². The second kappa shape index (κ2) is 9.33. The number of rotatable bonds is 6. The fourth-order valence-corrected chi connectivity index (χ4v) is 11.2. The maximum absolute atomic E-state index is 13.2. The van der Waals surface area contributed by atoms with Crippen LogP contribution in [0.15, 0.2) is 66.2 Å². The van der Waals surface area contributed by atoms with Crippen molar-refractivity contribution in [1.29, 1.82) is 0 Å². The molecule has 3 aliphatic carbocycles. The van der Waals surface area contributed by atoms with Gasteiger partial charge in [-0.05, 0) is 0 Å². The van der Waals surface area contributed by atoms with Crippen LogP contribution in [-0.2, 0) is 22.5 Å². The molecule has 40 heavy (non-hydrogen) atoms. The van der Waals surface area contributed by atoms with E-state index in [2.05, 4.69) is 92.9 Å². The Hall–Kier alpha value is -2.36. The molecule has 3 aliphatic rings. The monoisotopic (exact) mass is 599 g/mol. The van der Waals surface area contributed by atoms with Crippen LogP contribution in [-0.4, -0.2) is 31.7 Å². The van der Waals surface area contributed by atoms with Gasteiger partial charge in [0.05, 0.1) is 0 Å². The second-order valence-corrected chi connectivity index (χ2v) is 15.4. The average molecular weight is 599 g/mol. The van der Waals surface area contributed by atoms with Gasteiger partial charge >= 0.3 is 245 Å². The number of hydrogen-bond acceptors (Lipinski definition) is 2. The second-order valence-electron chi connectivity index (χ2n) is 12.9. The van der Waals surface area contributed by atoms with Gasteiger partial charge in [0, 0.05) is 0 Å². The van der Waals surface area contributed by atoms with Crippen LogP contribution >= 0.6 is 0 Å². The molecule has 1 saturated carbocycles. The first-order valence-corrected chi connectivity index (χ1v) is 17.0. The molecule has 1 aromatic heterocycles. The summed E-state index contributed by atoms with van der Waals surface area (Å²) in [7, 11) is 1.78. The predicted octanol–water partition coefficient (Wildman–Crippen LogP) is 7.70. The van der Waals surface area contributed by atoms with Crippen molar-refractivity contribution in [3.8, 4) is 0 Å². The van der Waals surface area contributed by atoms with E-state index < -0.39 is 5.60 Å². The van der Waals surface area contributed by atoms with Crippen LogP contribution in [0, 0.1) is 11.3 Å². The van der Waals surface area contributed by atoms with Crippen LogP contribution in [0.5, 0.6) is 0 Å². The molecule has 0 radical (unpaired) electrons. The topological polar surface area (TPSA) is 34.4 Å². The molecule has 0 spiro atoms. The third kappa shape index (κ3) is 3.25. The average Bonchev–Trinajstić information content (AvgIpc) is 3.18. The Kier molecular flexibility index (Phi) is 6.19. The Morgan fingerprint density at radius 1 is 1.02 bits per heavy atom. The standard InChI is InChI=1S/C36H41NO2Se/c1-23(2)26-16-17-34(4)24(3)15-18-36(38)33-31-27-13-9-10-14-29(27)37(22-39-5)30(31)21-28(26)32(33)35(34,36)19-20-40-25-11-7-6-8-12-25/h6-14,21,24,38H,15-20,22H2,1-5H3/t24-,34+,35+,36-/m1/s1. The van der Waals surface area contributed by atoms with Crippen LogP contribution < -0.4 is 4.46 Å². The predicted molar refractivity (Wildman–Crippen MR) is 167 cm³/mol. The molecule has 3 aromatic carbocycles. The van der Waals surface area contributed by atoms with Crippen LogP contribution in [0.4, 0.5) is 0 Å². The molecular formula is C36H41NO2Se. The van der Waals surface area contributed by atoms with Crippen molar-refractivity contribution in [2.45, 2.75) is 82.9 Å². The van der Waals surface area contributed by atoms with E-state index in [-0.39, 0.29) is 10.8 Å². The zero-order valence-electron chi connectivity index (χ0n) is 24.5. The zero-order chi connectivity index (χ0) is 27.9. The number of aromatic nitrogens is 1. The minimum absolute atomic E-state index is 0.0459. The number of methoxy groups -OCH3 is 1. The Morgan fingerprint density at radius 3 is 2.52 bits per heavy atom. The van der Waals surface area contributed by atoms with Crippen LogP contribution in [0.2, 0.25) is 5.32 Å². The fraction of sp³-hybridized carbons (Fsp3) is 0.444. The van der Waals surface area contributed by atoms with Crippen molar-refractivity contribution in [2.75, 3.05) is 7.11 Å². The molecule has 7 rings (SSSR count). The molecule has 0 aliphatic heterocycles. The summed E-state index contributed by atoms with van der Waals surface area (Å²) in [5.74, 6) is 0.569. The number of nitrogens with zero attached hydrogens (tertiary/aromatic N) is 1. The first-order valence-electron chi connectivity index (χ1n) is 14.9. The number of para-hydroxylation sites is 1. The molecule has 0 unspecified atom stereocenters. The van der Waals surface area contributed by atoms with E-state index in [4.69, 9.17) is 4.74 Å². The van der Waals surface area contributed by atoms with E-state index in [9.17, 15) is 5.11 Å². The van der Waals surface area contributed by atoms with Gasteiger partial charge in [-0.25, -0.2) is 0 Å². The van der Waals surface area contributed by atoms with Crippen molar-refractivity contribution in [2.24, 2.45) is 11.3 Å². The molecule has 1 fully saturated rings. The number of fused-ring (bicyclic) bond motifs is 5. The number of allylic oxidation sites excluding steroid dienone is 2. The van der Waals surface area contributed by atoms with Gasteiger partial charge < -0.3 is 0 Å². The molecule has 0 amide bonds. The summed E-state index contributed by atoms with van der Waals surface area (Å²) in [4.78, 5) is 0. The SMILES string of the molecule is COCn1c2ccccc2c2c3c4c(cc21)C(=C(C)C)CC[C@@]1(C)[C@H](C)CC[C@]3(O)[C@@]41CC[Se]c1ccccc1. The Balaban J connectivity index is 1.55. The van der Waals surface area contributed by atoms with Gasteiger partial charge in [0.25, 0.3) is 0 Å². The number of ether oxygens (including phenoxy) is 1. The van der Waals surface area contributed by atoms with E-state index in [1.807, 2.05) is 0 Å². The van der Waals surface area contributed by atoms with Crippen LogP contribution in [0.1, 0.15) is 76.5 Å². The Bertz CT molecular complexity index is 1660. The molecular weight excluding hydrogens is 557 g/mol. The quantitative estimate of drug-likeness (QED) is 0.231. The summed E-state index contributed by atoms with van der Waals surface area (Å²) in [6.45, 7) is 10.1. The van der Waals surface area contributed by atoms with Crippen molar-refractivity contribution in [1.82, 2.24) is 4.57 Å². The maximum atomic E-state index is 13.2. The summed E-state index contributed by atoms with van der Waals surface area (Å²) < 4.78 is 9.52. The summed E-state index contributed by atoms with van der Waals surface area (Å²) in [6, 6.07) is 22.2. The molecule has 4 heteroatoms. The normalized spacial score (nSPS) is 28.9. The zero-order valence-corrected chi connectivity index (χ0v) is 26.2. The minimum atomic E-state index is -0.816. The molecule has 0 saturated heterocycles. The van der Waals surface area contributed by atoms with Gasteiger partial charge in [0.2, 0.25) is 0 Å². The van der Waals surface area contributed by atoms with Gasteiger partial charge in [-0.3, -0.25) is 0 Å². The molecule has 4 atom stereocenters. The molecule has 1 heterocycles. The first-order chi connectivity index (χ1) is 19.3. The van der Waals surface area contributed by atoms with Crippen LogP contribution in [0.25, 0.3) is 27.4 Å². The summed E-state index contributed by atoms with van der Waals surface area (Å²) >= 11 is 0.389. The first kappa shape index (κ1) is 26.5. The van der Waals surface area contributed by atoms with Gasteiger partial charge in [0.1, 0.15) is 0 Å². The number of aliphatic hydroxyl groups is 1. The van der Waals surface area contributed by atoms with E-state index in [0.29, 0.717) is 27.6 Å². The van der Waals surface area contributed by atoms with E-state index in [1.165, 1.54) is 54.1 Å². The van der Waals surface area contributed by atoms with E-state index in [1.54, 1.807) is 7.11 Å². The Morgan fingerprint density at radius 2 is 1.77 bits per heavy atom. The van der Waals surface area contributed by atoms with Gasteiger partial charge in [-0.2, -0.15) is 0 Å². The van der Waals surface area contributed by atoms with Crippen LogP contribution in [0.3, 0.4) is 0 Å². The van der Waals surface area contributed by atoms with Gasteiger partial charge in [0.15, 0.2) is 0 Å². The third-order valence-electron chi connectivity index (χ3n) is 11.2. The number of hydrogen-bond donors (Lipinski definition) is 1. The molecule has 1 N–H and O–H groups in total. The Labute approximate surface area is 244 Å². The van der Waals surface area contributed by atoms with Crippen molar-refractivity contribution in [3.63, 3.8) is 0 Å². The van der Waals surface area contributed by atoms with E-state index in [0.717, 1.165) is 37.4 Å². The number of benzene rings is 3. The summed E-state index contributed by atoms with van der Waals surface area (Å²) in [6.07, 6.45) is 5.18. The fourth-order valence-electron chi connectivity index (χ4n) is 9.14. The van der Waals surface area contributed by atoms with E-state index >= 15 is 0 Å². The summed E-state index contributed by atoms with van der Waals surface area (Å²) in [5.41, 5.74) is 8.41. The van der Waals surface area contributed by atoms with Crippen molar-refractivity contribution < 1.29 is 9.84 Å². The third-order valence-corrected chi connectivity index (χ3v) is 13.3. The molecule has 3 nitrogen and oxygen atoms in total. The van der Waals surface area contributed by atoms with Gasteiger partial charge in [-0.15, -0.1) is 0 Å². The molecule has 208 valence electrons. The molecule has 4 aromatic rings. The summed E-state index contributed by atoms with van der Waals surface area (Å²) in [5, 5.41) is 16.9.